The first-order chi connectivity index (χ1) is 7.97. The van der Waals surface area contributed by atoms with Gasteiger partial charge in [0.15, 0.2) is 0 Å². The number of aliphatic carboxylic acids is 1. The van der Waals surface area contributed by atoms with E-state index >= 15 is 0 Å². The zero-order valence-corrected chi connectivity index (χ0v) is 11.2. The zero-order valence-electron chi connectivity index (χ0n) is 9.64. The Hall–Kier alpha value is -1.54. The van der Waals surface area contributed by atoms with Crippen molar-refractivity contribution >= 4 is 27.6 Å². The molecular weight excluding hydrogens is 284 g/mol. The summed E-state index contributed by atoms with van der Waals surface area (Å²) in [6, 6.07) is 7.41. The number of carboxylic acids is 1. The average molecular weight is 297 g/mol. The summed E-state index contributed by atoms with van der Waals surface area (Å²) in [4.78, 5) is 12.5. The van der Waals surface area contributed by atoms with Gasteiger partial charge in [0.2, 0.25) is 0 Å². The van der Waals surface area contributed by atoms with E-state index in [-0.39, 0.29) is 12.6 Å². The SMILES string of the molecule is CC(C)N(CC(=O)O)c1cccc(Br)c1C#N. The molecule has 5 heteroatoms. The molecule has 0 amide bonds. The first kappa shape index (κ1) is 13.5. The Morgan fingerprint density at radius 1 is 1.59 bits per heavy atom. The highest BCUT2D eigenvalue weighted by Gasteiger charge is 2.18. The second kappa shape index (κ2) is 5.69. The molecule has 0 aliphatic rings. The van der Waals surface area contributed by atoms with Gasteiger partial charge in [-0.15, -0.1) is 0 Å². The molecule has 0 aromatic heterocycles. The number of nitriles is 1. The molecule has 0 saturated heterocycles. The molecule has 0 aliphatic carbocycles. The lowest BCUT2D eigenvalue weighted by Gasteiger charge is -2.28. The van der Waals surface area contributed by atoms with E-state index in [1.807, 2.05) is 13.8 Å². The Kier molecular flexibility index (Phi) is 4.53. The molecule has 4 nitrogen and oxygen atoms in total. The van der Waals surface area contributed by atoms with Crippen LogP contribution >= 0.6 is 15.9 Å². The molecule has 1 N–H and O–H groups in total. The van der Waals surface area contributed by atoms with Gasteiger partial charge < -0.3 is 10.0 Å². The largest absolute Gasteiger partial charge is 0.480 e. The van der Waals surface area contributed by atoms with Gasteiger partial charge in [0.05, 0.1) is 11.3 Å². The number of rotatable bonds is 4. The molecule has 0 spiro atoms. The van der Waals surface area contributed by atoms with Crippen molar-refractivity contribution in [1.82, 2.24) is 0 Å². The number of carboxylic acid groups (broad SMARTS) is 1. The van der Waals surface area contributed by atoms with Gasteiger partial charge in [0.25, 0.3) is 0 Å². The van der Waals surface area contributed by atoms with E-state index in [1.165, 1.54) is 0 Å². The van der Waals surface area contributed by atoms with E-state index in [1.54, 1.807) is 23.1 Å². The van der Waals surface area contributed by atoms with Crippen LogP contribution in [0.2, 0.25) is 0 Å². The van der Waals surface area contributed by atoms with Crippen LogP contribution in [0.5, 0.6) is 0 Å². The number of anilines is 1. The summed E-state index contributed by atoms with van der Waals surface area (Å²) < 4.78 is 0.675. The average Bonchev–Trinajstić information content (AvgIpc) is 2.25. The van der Waals surface area contributed by atoms with Gasteiger partial charge in [0.1, 0.15) is 12.6 Å². The summed E-state index contributed by atoms with van der Waals surface area (Å²) in [5, 5.41) is 18.0. The van der Waals surface area contributed by atoms with Gasteiger partial charge in [-0.1, -0.05) is 6.07 Å². The molecule has 0 saturated carbocycles. The molecule has 0 atom stereocenters. The van der Waals surface area contributed by atoms with Crippen LogP contribution in [-0.2, 0) is 4.79 Å². The van der Waals surface area contributed by atoms with Gasteiger partial charge in [-0.3, -0.25) is 4.79 Å². The standard InChI is InChI=1S/C12H13BrN2O2/c1-8(2)15(7-12(16)17)11-5-3-4-10(13)9(11)6-14/h3-5,8H,7H2,1-2H3,(H,16,17). The third-order valence-corrected chi connectivity index (χ3v) is 3.00. The summed E-state index contributed by atoms with van der Waals surface area (Å²) in [6.07, 6.45) is 0. The maximum atomic E-state index is 10.8. The molecule has 1 rings (SSSR count). The molecule has 0 bridgehead atoms. The van der Waals surface area contributed by atoms with Crippen LogP contribution in [0.1, 0.15) is 19.4 Å². The summed E-state index contributed by atoms with van der Waals surface area (Å²) >= 11 is 3.29. The predicted molar refractivity (Wildman–Crippen MR) is 69.0 cm³/mol. The van der Waals surface area contributed by atoms with Gasteiger partial charge in [-0.2, -0.15) is 5.26 Å². The second-order valence-electron chi connectivity index (χ2n) is 3.86. The number of halogens is 1. The Labute approximate surface area is 109 Å². The molecule has 0 radical (unpaired) electrons. The van der Waals surface area contributed by atoms with Crippen LogP contribution in [-0.4, -0.2) is 23.7 Å². The van der Waals surface area contributed by atoms with Crippen molar-refractivity contribution in [2.75, 3.05) is 11.4 Å². The fraction of sp³-hybridized carbons (Fsp3) is 0.333. The first-order valence-corrected chi connectivity index (χ1v) is 5.93. The van der Waals surface area contributed by atoms with Crippen LogP contribution < -0.4 is 4.90 Å². The third kappa shape index (κ3) is 3.21. The monoisotopic (exact) mass is 296 g/mol. The number of benzene rings is 1. The Morgan fingerprint density at radius 2 is 2.24 bits per heavy atom. The summed E-state index contributed by atoms with van der Waals surface area (Å²) in [5.74, 6) is -0.914. The molecular formula is C12H13BrN2O2. The number of hydrogen-bond donors (Lipinski definition) is 1. The highest BCUT2D eigenvalue weighted by molar-refractivity contribution is 9.10. The zero-order chi connectivity index (χ0) is 13.0. The minimum Gasteiger partial charge on any atom is -0.480 e. The molecule has 1 aromatic rings. The lowest BCUT2D eigenvalue weighted by molar-refractivity contribution is -0.135. The highest BCUT2D eigenvalue weighted by atomic mass is 79.9. The van der Waals surface area contributed by atoms with E-state index in [9.17, 15) is 4.79 Å². The smallest absolute Gasteiger partial charge is 0.323 e. The van der Waals surface area contributed by atoms with Crippen molar-refractivity contribution in [2.24, 2.45) is 0 Å². The third-order valence-electron chi connectivity index (χ3n) is 2.34. The van der Waals surface area contributed by atoms with Crippen LogP contribution in [0.4, 0.5) is 5.69 Å². The topological polar surface area (TPSA) is 64.3 Å². The minimum absolute atomic E-state index is 0.00694. The number of hydrogen-bond acceptors (Lipinski definition) is 3. The summed E-state index contributed by atoms with van der Waals surface area (Å²) in [5.41, 5.74) is 1.10. The van der Waals surface area contributed by atoms with Crippen LogP contribution in [0.3, 0.4) is 0 Å². The van der Waals surface area contributed by atoms with Crippen LogP contribution in [0, 0.1) is 11.3 Å². The molecule has 0 heterocycles. The molecule has 90 valence electrons. The van der Waals surface area contributed by atoms with E-state index in [0.717, 1.165) is 0 Å². The van der Waals surface area contributed by atoms with Gasteiger partial charge in [0, 0.05) is 10.5 Å². The van der Waals surface area contributed by atoms with Crippen molar-refractivity contribution in [1.29, 1.82) is 5.26 Å². The van der Waals surface area contributed by atoms with E-state index in [0.29, 0.717) is 15.7 Å². The summed E-state index contributed by atoms with van der Waals surface area (Å²) in [7, 11) is 0. The normalized spacial score (nSPS) is 10.1. The quantitative estimate of drug-likeness (QED) is 0.928. The lowest BCUT2D eigenvalue weighted by atomic mass is 10.1. The van der Waals surface area contributed by atoms with E-state index < -0.39 is 5.97 Å². The van der Waals surface area contributed by atoms with E-state index in [4.69, 9.17) is 10.4 Å². The molecule has 0 fully saturated rings. The molecule has 1 aromatic carbocycles. The number of nitrogens with zero attached hydrogens (tertiary/aromatic N) is 2. The van der Waals surface area contributed by atoms with Crippen molar-refractivity contribution < 1.29 is 9.90 Å². The van der Waals surface area contributed by atoms with Gasteiger partial charge >= 0.3 is 5.97 Å². The van der Waals surface area contributed by atoms with Crippen molar-refractivity contribution in [2.45, 2.75) is 19.9 Å². The second-order valence-corrected chi connectivity index (χ2v) is 4.72. The van der Waals surface area contributed by atoms with Gasteiger partial charge in [-0.05, 0) is 41.9 Å². The fourth-order valence-electron chi connectivity index (χ4n) is 1.55. The molecule has 17 heavy (non-hydrogen) atoms. The van der Waals surface area contributed by atoms with Crippen molar-refractivity contribution in [3.05, 3.63) is 28.2 Å². The minimum atomic E-state index is -0.914. The van der Waals surface area contributed by atoms with Crippen molar-refractivity contribution in [3.63, 3.8) is 0 Å². The van der Waals surface area contributed by atoms with Crippen LogP contribution in [0.15, 0.2) is 22.7 Å². The van der Waals surface area contributed by atoms with Crippen LogP contribution in [0.25, 0.3) is 0 Å². The molecule has 0 aliphatic heterocycles. The summed E-state index contributed by atoms with van der Waals surface area (Å²) in [6.45, 7) is 3.67. The maximum Gasteiger partial charge on any atom is 0.323 e. The Morgan fingerprint density at radius 3 is 2.71 bits per heavy atom. The maximum absolute atomic E-state index is 10.8. The van der Waals surface area contributed by atoms with Crippen molar-refractivity contribution in [3.8, 4) is 6.07 Å². The van der Waals surface area contributed by atoms with E-state index in [2.05, 4.69) is 22.0 Å². The molecule has 0 unspecified atom stereocenters. The number of carbonyl (C=O) groups is 1. The first-order valence-electron chi connectivity index (χ1n) is 5.14. The predicted octanol–water partition coefficient (Wildman–Crippen LogP) is 2.62. The highest BCUT2D eigenvalue weighted by Crippen LogP contribution is 2.28. The Balaban J connectivity index is 3.24. The fourth-order valence-corrected chi connectivity index (χ4v) is 2.00. The Bertz CT molecular complexity index is 466. The lowest BCUT2D eigenvalue weighted by Crippen LogP contribution is -2.36. The van der Waals surface area contributed by atoms with Gasteiger partial charge in [-0.25, -0.2) is 0 Å².